The number of hydrogen-bond acceptors (Lipinski definition) is 5. The number of piperazine rings is 1. The number of urea groups is 1. The van der Waals surface area contributed by atoms with Crippen molar-refractivity contribution in [3.63, 3.8) is 0 Å². The summed E-state index contributed by atoms with van der Waals surface area (Å²) in [4.78, 5) is 47.9. The standard InChI is InChI=1S/C27H30N6O3/c1-18-25-32(23(34)17-30(3)33(25)27(36)29-15-20-9-5-4-6-10-20)19(2)26(35)31(18)16-22-12-7-11-21-13-8-14-28-24(21)22/h4-14,18-19,25H,15-17H2,1-3H3,(H,29,36)/t18-,19-,25-/m0/s1. The SMILES string of the molecule is C[C@H]1[C@H]2N(C(=O)CN(C)N2C(=O)NCc2ccccc2)[C@@H](C)C(=O)N1Cc1cccc2cccnc12. The van der Waals surface area contributed by atoms with Gasteiger partial charge in [0, 0.05) is 31.7 Å². The van der Waals surface area contributed by atoms with Crippen LogP contribution in [0.15, 0.2) is 66.9 Å². The molecule has 3 heterocycles. The van der Waals surface area contributed by atoms with Crippen molar-refractivity contribution in [2.45, 2.75) is 45.2 Å². The van der Waals surface area contributed by atoms with Gasteiger partial charge in [-0.25, -0.2) is 14.8 Å². The van der Waals surface area contributed by atoms with Crippen LogP contribution < -0.4 is 5.32 Å². The van der Waals surface area contributed by atoms with E-state index in [1.165, 1.54) is 0 Å². The second kappa shape index (κ2) is 9.58. The molecule has 0 saturated carbocycles. The van der Waals surface area contributed by atoms with Gasteiger partial charge in [-0.15, -0.1) is 0 Å². The van der Waals surface area contributed by atoms with E-state index in [0.29, 0.717) is 13.1 Å². The number of rotatable bonds is 4. The Morgan fingerprint density at radius 3 is 2.56 bits per heavy atom. The van der Waals surface area contributed by atoms with Crippen molar-refractivity contribution in [2.24, 2.45) is 0 Å². The largest absolute Gasteiger partial charge is 0.334 e. The Hall–Kier alpha value is -3.98. The molecule has 5 rings (SSSR count). The van der Waals surface area contributed by atoms with E-state index in [1.807, 2.05) is 67.6 Å². The third-order valence-corrected chi connectivity index (χ3v) is 7.09. The minimum absolute atomic E-state index is 0.0207. The second-order valence-electron chi connectivity index (χ2n) is 9.39. The summed E-state index contributed by atoms with van der Waals surface area (Å²) in [7, 11) is 1.73. The molecule has 0 bridgehead atoms. The van der Waals surface area contributed by atoms with Crippen molar-refractivity contribution in [3.05, 3.63) is 78.0 Å². The van der Waals surface area contributed by atoms with Crippen molar-refractivity contribution < 1.29 is 14.4 Å². The molecule has 2 aromatic carbocycles. The number of pyridine rings is 1. The van der Waals surface area contributed by atoms with Crippen LogP contribution in [0, 0.1) is 0 Å². The van der Waals surface area contributed by atoms with Gasteiger partial charge in [-0.3, -0.25) is 14.6 Å². The predicted octanol–water partition coefficient (Wildman–Crippen LogP) is 2.58. The molecule has 186 valence electrons. The fourth-order valence-electron chi connectivity index (χ4n) is 5.25. The van der Waals surface area contributed by atoms with Crippen molar-refractivity contribution in [3.8, 4) is 0 Å². The number of aromatic nitrogens is 1. The number of fused-ring (bicyclic) bond motifs is 2. The molecule has 4 amide bonds. The van der Waals surface area contributed by atoms with Gasteiger partial charge >= 0.3 is 6.03 Å². The van der Waals surface area contributed by atoms with E-state index < -0.39 is 18.2 Å². The van der Waals surface area contributed by atoms with Gasteiger partial charge in [0.15, 0.2) is 0 Å². The Morgan fingerprint density at radius 2 is 1.78 bits per heavy atom. The lowest BCUT2D eigenvalue weighted by Gasteiger charge is -2.56. The summed E-state index contributed by atoms with van der Waals surface area (Å²) in [6.45, 7) is 4.34. The molecular weight excluding hydrogens is 456 g/mol. The van der Waals surface area contributed by atoms with Gasteiger partial charge in [-0.1, -0.05) is 54.6 Å². The summed E-state index contributed by atoms with van der Waals surface area (Å²) in [6.07, 6.45) is 1.10. The number of carbonyl (C=O) groups is 3. The third-order valence-electron chi connectivity index (χ3n) is 7.09. The monoisotopic (exact) mass is 486 g/mol. The van der Waals surface area contributed by atoms with Crippen molar-refractivity contribution in [2.75, 3.05) is 13.6 Å². The van der Waals surface area contributed by atoms with Gasteiger partial charge in [-0.2, -0.15) is 0 Å². The molecule has 1 aromatic heterocycles. The zero-order valence-electron chi connectivity index (χ0n) is 20.7. The summed E-state index contributed by atoms with van der Waals surface area (Å²) in [6, 6.07) is 18.0. The number of hydrogen-bond donors (Lipinski definition) is 1. The van der Waals surface area contributed by atoms with Crippen LogP contribution in [0.25, 0.3) is 10.9 Å². The minimum Gasteiger partial charge on any atom is -0.333 e. The van der Waals surface area contributed by atoms with Crippen LogP contribution in [0.5, 0.6) is 0 Å². The molecular formula is C27H30N6O3. The van der Waals surface area contributed by atoms with E-state index in [4.69, 9.17) is 0 Å². The highest BCUT2D eigenvalue weighted by atomic mass is 16.2. The van der Waals surface area contributed by atoms with E-state index in [0.717, 1.165) is 22.0 Å². The van der Waals surface area contributed by atoms with E-state index in [-0.39, 0.29) is 24.4 Å². The van der Waals surface area contributed by atoms with Crippen molar-refractivity contribution in [1.29, 1.82) is 0 Å². The summed E-state index contributed by atoms with van der Waals surface area (Å²) in [5.74, 6) is -0.317. The van der Waals surface area contributed by atoms with Gasteiger partial charge < -0.3 is 15.1 Å². The average Bonchev–Trinajstić information content (AvgIpc) is 2.88. The Labute approximate surface area is 210 Å². The topological polar surface area (TPSA) is 89.1 Å². The maximum atomic E-state index is 13.5. The molecule has 3 aromatic rings. The molecule has 3 atom stereocenters. The van der Waals surface area contributed by atoms with Crippen LogP contribution in [0.1, 0.15) is 25.0 Å². The zero-order chi connectivity index (χ0) is 25.4. The van der Waals surface area contributed by atoms with Gasteiger partial charge in [0.1, 0.15) is 12.2 Å². The van der Waals surface area contributed by atoms with E-state index in [1.54, 1.807) is 40.0 Å². The first-order valence-electron chi connectivity index (χ1n) is 12.1. The molecule has 9 heteroatoms. The van der Waals surface area contributed by atoms with Crippen molar-refractivity contribution in [1.82, 2.24) is 30.1 Å². The van der Waals surface area contributed by atoms with Gasteiger partial charge in [0.25, 0.3) is 0 Å². The summed E-state index contributed by atoms with van der Waals surface area (Å²) in [5, 5.41) is 7.19. The molecule has 2 saturated heterocycles. The highest BCUT2D eigenvalue weighted by molar-refractivity contribution is 5.92. The molecule has 0 unspecified atom stereocenters. The van der Waals surface area contributed by atoms with Crippen LogP contribution in [0.2, 0.25) is 0 Å². The first kappa shape index (κ1) is 23.7. The first-order valence-corrected chi connectivity index (χ1v) is 12.1. The quantitative estimate of drug-likeness (QED) is 0.612. The minimum atomic E-state index is -0.695. The average molecular weight is 487 g/mol. The highest BCUT2D eigenvalue weighted by Gasteiger charge is 2.52. The molecule has 36 heavy (non-hydrogen) atoms. The molecule has 2 aliphatic heterocycles. The van der Waals surface area contributed by atoms with Gasteiger partial charge in [0.2, 0.25) is 11.8 Å². The highest BCUT2D eigenvalue weighted by Crippen LogP contribution is 2.31. The number of benzene rings is 2. The van der Waals surface area contributed by atoms with Crippen molar-refractivity contribution >= 4 is 28.7 Å². The lowest BCUT2D eigenvalue weighted by molar-refractivity contribution is -0.194. The number of hydrazine groups is 1. The normalized spacial score (nSPS) is 22.6. The second-order valence-corrected chi connectivity index (χ2v) is 9.39. The number of nitrogens with one attached hydrogen (secondary N) is 1. The molecule has 0 radical (unpaired) electrons. The Balaban J connectivity index is 1.45. The fraction of sp³-hybridized carbons (Fsp3) is 0.333. The molecule has 0 spiro atoms. The van der Waals surface area contributed by atoms with E-state index in [9.17, 15) is 14.4 Å². The van der Waals surface area contributed by atoms with Gasteiger partial charge in [-0.05, 0) is 31.0 Å². The third kappa shape index (κ3) is 4.15. The molecule has 2 fully saturated rings. The maximum absolute atomic E-state index is 13.5. The molecule has 1 N–H and O–H groups in total. The number of carbonyl (C=O) groups excluding carboxylic acids is 3. The molecule has 2 aliphatic rings. The Morgan fingerprint density at radius 1 is 1.03 bits per heavy atom. The predicted molar refractivity (Wildman–Crippen MR) is 135 cm³/mol. The van der Waals surface area contributed by atoms with Crippen LogP contribution >= 0.6 is 0 Å². The number of nitrogens with zero attached hydrogens (tertiary/aromatic N) is 5. The summed E-state index contributed by atoms with van der Waals surface area (Å²) < 4.78 is 0. The Bertz CT molecular complexity index is 1290. The zero-order valence-corrected chi connectivity index (χ0v) is 20.7. The van der Waals surface area contributed by atoms with E-state index in [2.05, 4.69) is 10.3 Å². The lowest BCUT2D eigenvalue weighted by atomic mass is 10.00. The van der Waals surface area contributed by atoms with Crippen LogP contribution in [0.3, 0.4) is 0 Å². The van der Waals surface area contributed by atoms with E-state index >= 15 is 0 Å². The maximum Gasteiger partial charge on any atom is 0.334 e. The number of likely N-dealkylation sites (N-methyl/N-ethyl adjacent to an activating group) is 1. The van der Waals surface area contributed by atoms with Gasteiger partial charge in [0.05, 0.1) is 18.1 Å². The number of amides is 4. The Kier molecular flexibility index (Phi) is 6.32. The molecule has 9 nitrogen and oxygen atoms in total. The fourth-order valence-corrected chi connectivity index (χ4v) is 5.25. The first-order chi connectivity index (χ1) is 17.4. The lowest BCUT2D eigenvalue weighted by Crippen LogP contribution is -2.77. The summed E-state index contributed by atoms with van der Waals surface area (Å²) in [5.41, 5.74) is 2.73. The number of para-hydroxylation sites is 1. The van der Waals surface area contributed by atoms with Crippen LogP contribution in [0.4, 0.5) is 4.79 Å². The molecule has 0 aliphatic carbocycles. The smallest absolute Gasteiger partial charge is 0.333 e. The van der Waals surface area contributed by atoms with Crippen LogP contribution in [-0.2, 0) is 22.7 Å². The van der Waals surface area contributed by atoms with Crippen LogP contribution in [-0.4, -0.2) is 74.5 Å². The summed E-state index contributed by atoms with van der Waals surface area (Å²) >= 11 is 0.